The van der Waals surface area contributed by atoms with E-state index in [0.717, 1.165) is 12.1 Å². The molecule has 0 bridgehead atoms. The Bertz CT molecular complexity index is 1050. The number of imide groups is 1. The summed E-state index contributed by atoms with van der Waals surface area (Å²) in [5, 5.41) is 11.5. The van der Waals surface area contributed by atoms with Crippen LogP contribution >= 0.6 is 0 Å². The molecule has 0 radical (unpaired) electrons. The maximum Gasteiger partial charge on any atom is 0.461 e. The number of halogens is 4. The zero-order chi connectivity index (χ0) is 24.3. The van der Waals surface area contributed by atoms with Gasteiger partial charge in [0.2, 0.25) is 0 Å². The van der Waals surface area contributed by atoms with Crippen molar-refractivity contribution in [1.82, 2.24) is 4.90 Å². The largest absolute Gasteiger partial charge is 0.529 e. The minimum absolute atomic E-state index is 0.197. The van der Waals surface area contributed by atoms with Gasteiger partial charge in [-0.25, -0.2) is 9.59 Å². The maximum atomic E-state index is 13.2. The predicted octanol–water partition coefficient (Wildman–Crippen LogP) is 3.16. The summed E-state index contributed by atoms with van der Waals surface area (Å²) in [4.78, 5) is 35.6. The minimum Gasteiger partial charge on any atom is -0.529 e. The summed E-state index contributed by atoms with van der Waals surface area (Å²) in [5.74, 6) is -1.20. The average molecular weight is 470 g/mol. The van der Waals surface area contributed by atoms with E-state index in [2.05, 4.69) is 9.47 Å². The summed E-state index contributed by atoms with van der Waals surface area (Å²) in [6, 6.07) is 9.13. The number of hydrogen-bond acceptors (Lipinski definition) is 7. The van der Waals surface area contributed by atoms with E-state index in [4.69, 9.17) is 4.74 Å². The van der Waals surface area contributed by atoms with Crippen molar-refractivity contribution in [2.45, 2.75) is 31.1 Å². The molecule has 8 nitrogen and oxygen atoms in total. The van der Waals surface area contributed by atoms with Gasteiger partial charge in [0, 0.05) is 0 Å². The Labute approximate surface area is 184 Å². The Kier molecular flexibility index (Phi) is 6.75. The molecule has 2 aromatic carbocycles. The van der Waals surface area contributed by atoms with Crippen LogP contribution in [-0.4, -0.2) is 48.7 Å². The number of carboxylic acid groups (broad SMARTS) is 1. The van der Waals surface area contributed by atoms with Gasteiger partial charge in [-0.3, -0.25) is 4.90 Å². The van der Waals surface area contributed by atoms with Gasteiger partial charge in [0.15, 0.2) is 0 Å². The average Bonchev–Trinajstić information content (AvgIpc) is 3.09. The summed E-state index contributed by atoms with van der Waals surface area (Å²) in [7, 11) is 1.19. The molecule has 2 amide bonds. The summed E-state index contributed by atoms with van der Waals surface area (Å²) < 4.78 is 65.1. The Morgan fingerprint density at radius 3 is 2.42 bits per heavy atom. The van der Waals surface area contributed by atoms with E-state index in [0.29, 0.717) is 10.5 Å². The molecule has 0 N–H and O–H groups in total. The van der Waals surface area contributed by atoms with Crippen LogP contribution in [0, 0.1) is 0 Å². The van der Waals surface area contributed by atoms with Gasteiger partial charge in [0.25, 0.3) is 0 Å². The zero-order valence-electron chi connectivity index (χ0n) is 16.9. The number of alkyl halides is 4. The maximum absolute atomic E-state index is 13.2. The van der Waals surface area contributed by atoms with Crippen molar-refractivity contribution >= 4 is 18.2 Å². The number of amides is 2. The smallest absolute Gasteiger partial charge is 0.461 e. The van der Waals surface area contributed by atoms with Crippen LogP contribution in [0.1, 0.15) is 27.6 Å². The molecule has 1 aliphatic rings. The number of carbonyl (C=O) groups excluding carboxylic acids is 3. The monoisotopic (exact) mass is 470 g/mol. The number of rotatable bonds is 7. The van der Waals surface area contributed by atoms with Gasteiger partial charge in [0.1, 0.15) is 17.9 Å². The SMILES string of the molecule is COC(=O)c1ccc(C2OC(=O)N(C(=O)[O-])C2Cc2cccc(OC(F)(F)C(F)F)c2)cc1. The molecule has 12 heteroatoms. The fourth-order valence-corrected chi connectivity index (χ4v) is 3.32. The molecule has 1 fully saturated rings. The number of ether oxygens (including phenoxy) is 3. The van der Waals surface area contributed by atoms with Crippen LogP contribution in [0.2, 0.25) is 0 Å². The van der Waals surface area contributed by atoms with Crippen LogP contribution in [0.4, 0.5) is 27.2 Å². The molecule has 2 aromatic rings. The molecular weight excluding hydrogens is 454 g/mol. The summed E-state index contributed by atoms with van der Waals surface area (Å²) in [6.07, 6.45) is -13.2. The molecule has 176 valence electrons. The van der Waals surface area contributed by atoms with Crippen molar-refractivity contribution in [3.05, 3.63) is 65.2 Å². The van der Waals surface area contributed by atoms with E-state index in [1.165, 1.54) is 43.5 Å². The Morgan fingerprint density at radius 2 is 1.85 bits per heavy atom. The van der Waals surface area contributed by atoms with Gasteiger partial charge >= 0.3 is 24.6 Å². The molecule has 1 aliphatic heterocycles. The molecule has 33 heavy (non-hydrogen) atoms. The van der Waals surface area contributed by atoms with Gasteiger partial charge in [-0.05, 0) is 41.8 Å². The first-order valence-electron chi connectivity index (χ1n) is 9.36. The summed E-state index contributed by atoms with van der Waals surface area (Å²) in [6.45, 7) is 0. The number of hydrogen-bond donors (Lipinski definition) is 0. The number of methoxy groups -OCH3 is 1. The lowest BCUT2D eigenvalue weighted by molar-refractivity contribution is -0.262. The van der Waals surface area contributed by atoms with Gasteiger partial charge in [0.05, 0.1) is 18.7 Å². The highest BCUT2D eigenvalue weighted by molar-refractivity contribution is 5.90. The fourth-order valence-electron chi connectivity index (χ4n) is 3.32. The number of benzene rings is 2. The van der Waals surface area contributed by atoms with Gasteiger partial charge in [-0.15, -0.1) is 0 Å². The Hall–Kier alpha value is -3.83. The number of cyclic esters (lactones) is 1. The highest BCUT2D eigenvalue weighted by atomic mass is 19.3. The molecule has 3 rings (SSSR count). The van der Waals surface area contributed by atoms with Crippen LogP contribution < -0.4 is 9.84 Å². The second-order valence-corrected chi connectivity index (χ2v) is 6.94. The lowest BCUT2D eigenvalue weighted by Gasteiger charge is -2.25. The molecule has 2 unspecified atom stereocenters. The quantitative estimate of drug-likeness (QED) is 0.452. The zero-order valence-corrected chi connectivity index (χ0v) is 16.9. The molecule has 0 aromatic heterocycles. The third-order valence-corrected chi connectivity index (χ3v) is 4.81. The molecule has 1 saturated heterocycles. The van der Waals surface area contributed by atoms with E-state index in [1.807, 2.05) is 0 Å². The third kappa shape index (κ3) is 5.16. The lowest BCUT2D eigenvalue weighted by Crippen LogP contribution is -2.47. The van der Waals surface area contributed by atoms with Crippen LogP contribution in [0.5, 0.6) is 5.75 Å². The molecule has 0 saturated carbocycles. The minimum atomic E-state index is -4.73. The van der Waals surface area contributed by atoms with Crippen molar-refractivity contribution in [1.29, 1.82) is 0 Å². The molecular formula is C21H16F4NO7-. The van der Waals surface area contributed by atoms with E-state index >= 15 is 0 Å². The Balaban J connectivity index is 1.89. The number of carbonyl (C=O) groups is 3. The molecule has 2 atom stereocenters. The van der Waals surface area contributed by atoms with E-state index < -0.39 is 48.6 Å². The standard InChI is InChI=1S/C21H17F4NO7/c1-31-17(27)13-7-5-12(6-8-13)16-15(26(19(28)29)20(30)32-16)10-11-3-2-4-14(9-11)33-21(24,25)18(22)23/h2-9,15-16,18H,10H2,1H3,(H,28,29)/p-1. The summed E-state index contributed by atoms with van der Waals surface area (Å²) in [5.41, 5.74) is 0.730. The van der Waals surface area contributed by atoms with Crippen LogP contribution in [0.15, 0.2) is 48.5 Å². The van der Waals surface area contributed by atoms with Crippen molar-refractivity contribution in [2.24, 2.45) is 0 Å². The van der Waals surface area contributed by atoms with Crippen molar-refractivity contribution in [3.63, 3.8) is 0 Å². The van der Waals surface area contributed by atoms with Gasteiger partial charge < -0.3 is 24.1 Å². The third-order valence-electron chi connectivity index (χ3n) is 4.81. The number of nitrogens with zero attached hydrogens (tertiary/aromatic N) is 1. The van der Waals surface area contributed by atoms with Gasteiger partial charge in [-0.2, -0.15) is 17.6 Å². The highest BCUT2D eigenvalue weighted by Crippen LogP contribution is 2.35. The fraction of sp³-hybridized carbons (Fsp3) is 0.286. The first kappa shape index (κ1) is 23.8. The van der Waals surface area contributed by atoms with Crippen molar-refractivity contribution < 1.29 is 51.3 Å². The molecule has 1 heterocycles. The lowest BCUT2D eigenvalue weighted by atomic mass is 9.95. The topological polar surface area (TPSA) is 105 Å². The second kappa shape index (κ2) is 9.35. The van der Waals surface area contributed by atoms with E-state index in [1.54, 1.807) is 0 Å². The second-order valence-electron chi connectivity index (χ2n) is 6.94. The molecule has 0 aliphatic carbocycles. The van der Waals surface area contributed by atoms with Crippen LogP contribution in [-0.2, 0) is 15.9 Å². The highest BCUT2D eigenvalue weighted by Gasteiger charge is 2.45. The van der Waals surface area contributed by atoms with Crippen molar-refractivity contribution in [2.75, 3.05) is 7.11 Å². The first-order chi connectivity index (χ1) is 15.5. The molecule has 0 spiro atoms. The van der Waals surface area contributed by atoms with Crippen LogP contribution in [0.3, 0.4) is 0 Å². The van der Waals surface area contributed by atoms with E-state index in [9.17, 15) is 37.1 Å². The van der Waals surface area contributed by atoms with Gasteiger partial charge in [-0.1, -0.05) is 24.3 Å². The Morgan fingerprint density at radius 1 is 1.18 bits per heavy atom. The normalized spacial score (nSPS) is 18.2. The summed E-state index contributed by atoms with van der Waals surface area (Å²) >= 11 is 0. The van der Waals surface area contributed by atoms with Crippen LogP contribution in [0.25, 0.3) is 0 Å². The number of esters is 1. The first-order valence-corrected chi connectivity index (χ1v) is 9.36. The van der Waals surface area contributed by atoms with Crippen molar-refractivity contribution in [3.8, 4) is 5.75 Å². The van der Waals surface area contributed by atoms with E-state index in [-0.39, 0.29) is 17.5 Å². The predicted molar refractivity (Wildman–Crippen MR) is 99.8 cm³/mol.